The van der Waals surface area contributed by atoms with E-state index in [2.05, 4.69) is 21.0 Å². The second-order valence-electron chi connectivity index (χ2n) is 3.48. The number of nitrogens with zero attached hydrogens (tertiary/aromatic N) is 2. The molecule has 0 atom stereocenters. The predicted octanol–water partition coefficient (Wildman–Crippen LogP) is 3.14. The summed E-state index contributed by atoms with van der Waals surface area (Å²) in [5.74, 6) is -0.419. The van der Waals surface area contributed by atoms with Gasteiger partial charge >= 0.3 is 0 Å². The van der Waals surface area contributed by atoms with E-state index in [9.17, 15) is 4.39 Å². The first-order chi connectivity index (χ1) is 5.34. The van der Waals surface area contributed by atoms with Crippen LogP contribution in [0.2, 0.25) is 0 Å². The van der Waals surface area contributed by atoms with Crippen LogP contribution < -0.4 is 0 Å². The fourth-order valence-corrected chi connectivity index (χ4v) is 1.91. The van der Waals surface area contributed by atoms with E-state index in [4.69, 9.17) is 0 Å². The van der Waals surface area contributed by atoms with E-state index in [1.165, 1.54) is 0 Å². The Bertz CT molecular complexity index is 303. The van der Waals surface area contributed by atoms with Crippen LogP contribution in [-0.2, 0) is 5.54 Å². The van der Waals surface area contributed by atoms with Crippen LogP contribution in [0.5, 0.6) is 0 Å². The number of halogens is 3. The van der Waals surface area contributed by atoms with Gasteiger partial charge in [0, 0.05) is 0 Å². The van der Waals surface area contributed by atoms with Crippen LogP contribution in [0, 0.1) is 9.52 Å². The van der Waals surface area contributed by atoms with Gasteiger partial charge in [-0.2, -0.15) is 4.39 Å². The maximum atomic E-state index is 13.0. The van der Waals surface area contributed by atoms with Gasteiger partial charge in [-0.3, -0.25) is 0 Å². The lowest BCUT2D eigenvalue weighted by Crippen LogP contribution is -2.23. The lowest BCUT2D eigenvalue weighted by Gasteiger charge is -2.19. The van der Waals surface area contributed by atoms with Gasteiger partial charge in [0.25, 0.3) is 0 Å². The van der Waals surface area contributed by atoms with Crippen molar-refractivity contribution in [2.45, 2.75) is 26.3 Å². The lowest BCUT2D eigenvalue weighted by molar-refractivity contribution is 0.336. The average Bonchev–Trinajstić information content (AvgIpc) is 2.15. The second kappa shape index (κ2) is 3.25. The number of rotatable bonds is 0. The normalized spacial score (nSPS) is 12.2. The van der Waals surface area contributed by atoms with Crippen molar-refractivity contribution >= 4 is 38.5 Å². The molecule has 5 heteroatoms. The summed E-state index contributed by atoms with van der Waals surface area (Å²) in [4.78, 5) is 0. The molecule has 0 bridgehead atoms. The third kappa shape index (κ3) is 1.81. The summed E-state index contributed by atoms with van der Waals surface area (Å²) in [6, 6.07) is 0. The summed E-state index contributed by atoms with van der Waals surface area (Å²) in [6.45, 7) is 5.92. The van der Waals surface area contributed by atoms with Crippen molar-refractivity contribution < 1.29 is 4.39 Å². The zero-order valence-electron chi connectivity index (χ0n) is 7.03. The van der Waals surface area contributed by atoms with Crippen molar-refractivity contribution in [1.29, 1.82) is 0 Å². The van der Waals surface area contributed by atoms with Gasteiger partial charge in [-0.25, -0.2) is 4.68 Å². The Balaban J connectivity index is 3.28. The number of hydrogen-bond acceptors (Lipinski definition) is 1. The first-order valence-corrected chi connectivity index (χ1v) is 5.31. The first kappa shape index (κ1) is 10.4. The van der Waals surface area contributed by atoms with Crippen molar-refractivity contribution in [2.75, 3.05) is 0 Å². The Kier molecular flexibility index (Phi) is 2.82. The fraction of sp³-hybridized carbons (Fsp3) is 0.571. The third-order valence-electron chi connectivity index (χ3n) is 1.37. The van der Waals surface area contributed by atoms with E-state index in [0.29, 0.717) is 8.17 Å². The predicted molar refractivity (Wildman–Crippen MR) is 57.6 cm³/mol. The molecular formula is C7H9BrFIN2. The van der Waals surface area contributed by atoms with Crippen LogP contribution in [0.3, 0.4) is 0 Å². The Morgan fingerprint density at radius 2 is 2.00 bits per heavy atom. The Labute approximate surface area is 92.8 Å². The highest BCUT2D eigenvalue weighted by molar-refractivity contribution is 14.1. The van der Waals surface area contributed by atoms with E-state index in [1.54, 1.807) is 4.68 Å². The molecule has 0 aliphatic carbocycles. The fourth-order valence-electron chi connectivity index (χ4n) is 0.798. The molecule has 0 aliphatic rings. The quantitative estimate of drug-likeness (QED) is 0.660. The number of aromatic nitrogens is 2. The van der Waals surface area contributed by atoms with Gasteiger partial charge in [-0.15, -0.1) is 5.10 Å². The summed E-state index contributed by atoms with van der Waals surface area (Å²) in [6.07, 6.45) is 0. The van der Waals surface area contributed by atoms with Crippen molar-refractivity contribution in [2.24, 2.45) is 0 Å². The maximum absolute atomic E-state index is 13.0. The molecule has 0 aliphatic heterocycles. The van der Waals surface area contributed by atoms with Gasteiger partial charge in [0.2, 0.25) is 5.95 Å². The molecule has 0 unspecified atom stereocenters. The second-order valence-corrected chi connectivity index (χ2v) is 5.31. The molecule has 12 heavy (non-hydrogen) atoms. The summed E-state index contributed by atoms with van der Waals surface area (Å²) in [5, 5.41) is 3.78. The van der Waals surface area contributed by atoms with E-state index in [0.717, 1.165) is 0 Å². The maximum Gasteiger partial charge on any atom is 0.247 e. The van der Waals surface area contributed by atoms with Crippen LogP contribution in [0.4, 0.5) is 4.39 Å². The molecule has 0 aromatic carbocycles. The molecule has 1 rings (SSSR count). The molecule has 0 saturated carbocycles. The smallest absolute Gasteiger partial charge is 0.247 e. The van der Waals surface area contributed by atoms with Gasteiger partial charge in [-0.1, -0.05) is 0 Å². The standard InChI is InChI=1S/C7H9BrFIN2/c1-7(2,3)12-5(8)4(10)6(9)11-12/h1-3H3. The molecule has 0 N–H and O–H groups in total. The highest BCUT2D eigenvalue weighted by Crippen LogP contribution is 2.26. The van der Waals surface area contributed by atoms with Crippen LogP contribution in [0.15, 0.2) is 4.60 Å². The van der Waals surface area contributed by atoms with E-state index in [-0.39, 0.29) is 5.54 Å². The minimum atomic E-state index is -0.419. The molecule has 1 heterocycles. The summed E-state index contributed by atoms with van der Waals surface area (Å²) >= 11 is 5.21. The molecule has 1 aromatic rings. The monoisotopic (exact) mass is 346 g/mol. The van der Waals surface area contributed by atoms with Gasteiger partial charge < -0.3 is 0 Å². The van der Waals surface area contributed by atoms with Gasteiger partial charge in [0.15, 0.2) is 0 Å². The van der Waals surface area contributed by atoms with E-state index < -0.39 is 5.95 Å². The SMILES string of the molecule is CC(C)(C)n1nc(F)c(I)c1Br. The molecule has 0 saturated heterocycles. The summed E-state index contributed by atoms with van der Waals surface area (Å²) in [5.41, 5.74) is -0.191. The Morgan fingerprint density at radius 3 is 2.17 bits per heavy atom. The highest BCUT2D eigenvalue weighted by Gasteiger charge is 2.22. The number of hydrogen-bond donors (Lipinski definition) is 0. The van der Waals surface area contributed by atoms with Crippen LogP contribution >= 0.6 is 38.5 Å². The van der Waals surface area contributed by atoms with Crippen molar-refractivity contribution in [3.05, 3.63) is 14.1 Å². The minimum absolute atomic E-state index is 0.191. The average molecular weight is 347 g/mol. The van der Waals surface area contributed by atoms with Crippen molar-refractivity contribution in [1.82, 2.24) is 9.78 Å². The van der Waals surface area contributed by atoms with Crippen LogP contribution in [-0.4, -0.2) is 9.78 Å². The highest BCUT2D eigenvalue weighted by atomic mass is 127. The zero-order valence-corrected chi connectivity index (χ0v) is 10.8. The third-order valence-corrected chi connectivity index (χ3v) is 3.80. The van der Waals surface area contributed by atoms with E-state index >= 15 is 0 Å². The van der Waals surface area contributed by atoms with Gasteiger partial charge in [-0.05, 0) is 59.3 Å². The topological polar surface area (TPSA) is 17.8 Å². The van der Waals surface area contributed by atoms with Crippen LogP contribution in [0.1, 0.15) is 20.8 Å². The molecule has 0 amide bonds. The Morgan fingerprint density at radius 1 is 1.50 bits per heavy atom. The molecule has 0 spiro atoms. The first-order valence-electron chi connectivity index (χ1n) is 3.44. The van der Waals surface area contributed by atoms with Gasteiger partial charge in [0.1, 0.15) is 8.17 Å². The Hall–Kier alpha value is 0.350. The van der Waals surface area contributed by atoms with E-state index in [1.807, 2.05) is 43.4 Å². The largest absolute Gasteiger partial charge is 0.249 e. The summed E-state index contributed by atoms with van der Waals surface area (Å²) < 4.78 is 15.8. The zero-order chi connectivity index (χ0) is 9.52. The molecule has 2 nitrogen and oxygen atoms in total. The molecule has 0 fully saturated rings. The molecular weight excluding hydrogens is 338 g/mol. The van der Waals surface area contributed by atoms with Gasteiger partial charge in [0.05, 0.1) is 5.54 Å². The van der Waals surface area contributed by atoms with Crippen molar-refractivity contribution in [3.8, 4) is 0 Å². The molecule has 0 radical (unpaired) electrons. The molecule has 68 valence electrons. The summed E-state index contributed by atoms with van der Waals surface area (Å²) in [7, 11) is 0. The molecule has 1 aromatic heterocycles. The lowest BCUT2D eigenvalue weighted by atomic mass is 10.1. The van der Waals surface area contributed by atoms with Crippen LogP contribution in [0.25, 0.3) is 0 Å². The van der Waals surface area contributed by atoms with Crippen molar-refractivity contribution in [3.63, 3.8) is 0 Å². The minimum Gasteiger partial charge on any atom is -0.249 e.